The zero-order valence-corrected chi connectivity index (χ0v) is 11.7. The molecule has 0 unspecified atom stereocenters. The summed E-state index contributed by atoms with van der Waals surface area (Å²) in [6.45, 7) is 2.99. The standard InChI is InChI=1S/C15H17F4NO/c1-2-10-5-7-20(8-6-10)14(21)12-9-11(15(17,18)19)3-4-13(12)16/h3-4,9-10H,2,5-8H2,1H3. The molecule has 1 aliphatic heterocycles. The molecule has 0 aliphatic carbocycles. The summed E-state index contributed by atoms with van der Waals surface area (Å²) >= 11 is 0. The topological polar surface area (TPSA) is 20.3 Å². The second-order valence-corrected chi connectivity index (χ2v) is 5.34. The van der Waals surface area contributed by atoms with Crippen LogP contribution in [0.15, 0.2) is 18.2 Å². The number of carbonyl (C=O) groups excluding carboxylic acids is 1. The first-order valence-electron chi connectivity index (χ1n) is 6.99. The number of hydrogen-bond donors (Lipinski definition) is 0. The van der Waals surface area contributed by atoms with Crippen LogP contribution in [0.1, 0.15) is 42.1 Å². The first-order valence-corrected chi connectivity index (χ1v) is 6.99. The number of amides is 1. The normalized spacial score (nSPS) is 17.1. The molecule has 0 bridgehead atoms. The summed E-state index contributed by atoms with van der Waals surface area (Å²) in [7, 11) is 0. The van der Waals surface area contributed by atoms with E-state index in [1.54, 1.807) is 0 Å². The number of carbonyl (C=O) groups is 1. The second kappa shape index (κ2) is 6.03. The average Bonchev–Trinajstić information content (AvgIpc) is 2.46. The van der Waals surface area contributed by atoms with Crippen molar-refractivity contribution in [3.63, 3.8) is 0 Å². The summed E-state index contributed by atoms with van der Waals surface area (Å²) in [6.07, 6.45) is -1.95. The molecule has 2 rings (SSSR count). The number of alkyl halides is 3. The van der Waals surface area contributed by atoms with Crippen molar-refractivity contribution in [1.82, 2.24) is 4.90 Å². The molecular weight excluding hydrogens is 286 g/mol. The van der Waals surface area contributed by atoms with Crippen LogP contribution < -0.4 is 0 Å². The van der Waals surface area contributed by atoms with Gasteiger partial charge in [-0.15, -0.1) is 0 Å². The molecule has 0 saturated carbocycles. The summed E-state index contributed by atoms with van der Waals surface area (Å²) in [5, 5.41) is 0. The fourth-order valence-corrected chi connectivity index (χ4v) is 2.58. The first kappa shape index (κ1) is 15.8. The van der Waals surface area contributed by atoms with E-state index in [1.807, 2.05) is 0 Å². The largest absolute Gasteiger partial charge is 0.416 e. The van der Waals surface area contributed by atoms with Gasteiger partial charge in [-0.05, 0) is 37.0 Å². The Bertz CT molecular complexity index is 519. The van der Waals surface area contributed by atoms with Gasteiger partial charge in [-0.25, -0.2) is 4.39 Å². The van der Waals surface area contributed by atoms with Crippen LogP contribution in [0.4, 0.5) is 17.6 Å². The van der Waals surface area contributed by atoms with Crippen LogP contribution in [0.25, 0.3) is 0 Å². The minimum atomic E-state index is -4.59. The first-order chi connectivity index (χ1) is 9.82. The zero-order chi connectivity index (χ0) is 15.6. The predicted octanol–water partition coefficient (Wildman–Crippen LogP) is 4.11. The Morgan fingerprint density at radius 3 is 2.43 bits per heavy atom. The lowest BCUT2D eigenvalue weighted by Gasteiger charge is -2.31. The van der Waals surface area contributed by atoms with Gasteiger partial charge in [0.2, 0.25) is 0 Å². The molecule has 1 aliphatic rings. The highest BCUT2D eigenvalue weighted by Crippen LogP contribution is 2.31. The fraction of sp³-hybridized carbons (Fsp3) is 0.533. The van der Waals surface area contributed by atoms with E-state index in [1.165, 1.54) is 4.90 Å². The Morgan fingerprint density at radius 1 is 1.29 bits per heavy atom. The maximum absolute atomic E-state index is 13.7. The number of piperidine rings is 1. The number of hydrogen-bond acceptors (Lipinski definition) is 1. The van der Waals surface area contributed by atoms with Gasteiger partial charge in [0.15, 0.2) is 0 Å². The van der Waals surface area contributed by atoms with Gasteiger partial charge in [-0.1, -0.05) is 13.3 Å². The van der Waals surface area contributed by atoms with Crippen LogP contribution in [-0.2, 0) is 6.18 Å². The molecule has 1 saturated heterocycles. The van der Waals surface area contributed by atoms with Gasteiger partial charge in [0, 0.05) is 13.1 Å². The van der Waals surface area contributed by atoms with E-state index in [0.717, 1.165) is 19.3 Å². The summed E-state index contributed by atoms with van der Waals surface area (Å²) < 4.78 is 51.7. The molecule has 1 aromatic rings. The van der Waals surface area contributed by atoms with Gasteiger partial charge in [0.05, 0.1) is 11.1 Å². The minimum absolute atomic E-state index is 0.465. The third kappa shape index (κ3) is 3.54. The number of nitrogens with zero attached hydrogens (tertiary/aromatic N) is 1. The smallest absolute Gasteiger partial charge is 0.339 e. The average molecular weight is 303 g/mol. The minimum Gasteiger partial charge on any atom is -0.339 e. The highest BCUT2D eigenvalue weighted by Gasteiger charge is 2.33. The monoisotopic (exact) mass is 303 g/mol. The summed E-state index contributed by atoms with van der Waals surface area (Å²) in [6, 6.07) is 1.95. The van der Waals surface area contributed by atoms with Gasteiger partial charge in [0.25, 0.3) is 5.91 Å². The SMILES string of the molecule is CCC1CCN(C(=O)c2cc(C(F)(F)F)ccc2F)CC1. The van der Waals surface area contributed by atoms with Gasteiger partial charge in [-0.3, -0.25) is 4.79 Å². The molecule has 21 heavy (non-hydrogen) atoms. The van der Waals surface area contributed by atoms with Crippen molar-refractivity contribution in [3.05, 3.63) is 35.1 Å². The fourth-order valence-electron chi connectivity index (χ4n) is 2.58. The lowest BCUT2D eigenvalue weighted by Crippen LogP contribution is -2.38. The summed E-state index contributed by atoms with van der Waals surface area (Å²) in [4.78, 5) is 13.6. The molecule has 1 amide bonds. The van der Waals surface area contributed by atoms with E-state index in [9.17, 15) is 22.4 Å². The van der Waals surface area contributed by atoms with Crippen LogP contribution in [0.3, 0.4) is 0 Å². The van der Waals surface area contributed by atoms with Gasteiger partial charge < -0.3 is 4.90 Å². The lowest BCUT2D eigenvalue weighted by molar-refractivity contribution is -0.137. The maximum Gasteiger partial charge on any atom is 0.416 e. The molecule has 0 N–H and O–H groups in total. The molecule has 1 heterocycles. The Labute approximate surface area is 120 Å². The molecule has 0 spiro atoms. The highest BCUT2D eigenvalue weighted by atomic mass is 19.4. The molecular formula is C15H17F4NO. The molecule has 0 atom stereocenters. The zero-order valence-electron chi connectivity index (χ0n) is 11.7. The van der Waals surface area contributed by atoms with E-state index < -0.39 is 29.0 Å². The Balaban J connectivity index is 2.19. The van der Waals surface area contributed by atoms with Gasteiger partial charge in [-0.2, -0.15) is 13.2 Å². The van der Waals surface area contributed by atoms with E-state index >= 15 is 0 Å². The van der Waals surface area contributed by atoms with E-state index in [0.29, 0.717) is 37.2 Å². The van der Waals surface area contributed by atoms with Crippen LogP contribution in [0.2, 0.25) is 0 Å². The van der Waals surface area contributed by atoms with Crippen LogP contribution in [0.5, 0.6) is 0 Å². The van der Waals surface area contributed by atoms with Crippen LogP contribution >= 0.6 is 0 Å². The third-order valence-electron chi connectivity index (χ3n) is 4.00. The molecule has 0 aromatic heterocycles. The van der Waals surface area contributed by atoms with Crippen molar-refractivity contribution in [2.75, 3.05) is 13.1 Å². The highest BCUT2D eigenvalue weighted by molar-refractivity contribution is 5.94. The summed E-state index contributed by atoms with van der Waals surface area (Å²) in [5.41, 5.74) is -1.50. The molecule has 2 nitrogen and oxygen atoms in total. The Morgan fingerprint density at radius 2 is 1.90 bits per heavy atom. The lowest BCUT2D eigenvalue weighted by atomic mass is 9.94. The van der Waals surface area contributed by atoms with E-state index in [2.05, 4.69) is 6.92 Å². The van der Waals surface area contributed by atoms with E-state index in [-0.39, 0.29) is 0 Å². The number of benzene rings is 1. The van der Waals surface area contributed by atoms with Crippen molar-refractivity contribution >= 4 is 5.91 Å². The Kier molecular flexibility index (Phi) is 4.54. The van der Waals surface area contributed by atoms with Crippen molar-refractivity contribution in [2.24, 2.45) is 5.92 Å². The quantitative estimate of drug-likeness (QED) is 0.753. The summed E-state index contributed by atoms with van der Waals surface area (Å²) in [5.74, 6) is -1.04. The van der Waals surface area contributed by atoms with Gasteiger partial charge >= 0.3 is 6.18 Å². The second-order valence-electron chi connectivity index (χ2n) is 5.34. The number of halogens is 4. The molecule has 0 radical (unpaired) electrons. The van der Waals surface area contributed by atoms with Crippen molar-refractivity contribution in [3.8, 4) is 0 Å². The molecule has 1 aromatic carbocycles. The van der Waals surface area contributed by atoms with Gasteiger partial charge in [0.1, 0.15) is 5.82 Å². The van der Waals surface area contributed by atoms with Crippen molar-refractivity contribution < 1.29 is 22.4 Å². The number of likely N-dealkylation sites (tertiary alicyclic amines) is 1. The van der Waals surface area contributed by atoms with Crippen molar-refractivity contribution in [2.45, 2.75) is 32.4 Å². The predicted molar refractivity (Wildman–Crippen MR) is 70.3 cm³/mol. The number of rotatable bonds is 2. The molecule has 116 valence electrons. The molecule has 1 fully saturated rings. The van der Waals surface area contributed by atoms with Crippen LogP contribution in [0, 0.1) is 11.7 Å². The van der Waals surface area contributed by atoms with Crippen molar-refractivity contribution in [1.29, 1.82) is 0 Å². The third-order valence-corrected chi connectivity index (χ3v) is 4.00. The maximum atomic E-state index is 13.7. The van der Waals surface area contributed by atoms with Crippen LogP contribution in [-0.4, -0.2) is 23.9 Å². The molecule has 6 heteroatoms. The van der Waals surface area contributed by atoms with E-state index in [4.69, 9.17) is 0 Å². The Hall–Kier alpha value is -1.59.